The molecule has 9 nitrogen and oxygen atoms in total. The predicted octanol–water partition coefficient (Wildman–Crippen LogP) is 1.98. The highest BCUT2D eigenvalue weighted by Crippen LogP contribution is 2.19. The van der Waals surface area contributed by atoms with E-state index in [1.54, 1.807) is 42.4 Å². The molecule has 3 aromatic heterocycles. The fraction of sp³-hybridized carbons (Fsp3) is 0.333. The minimum Gasteiger partial charge on any atom is -0.443 e. The van der Waals surface area contributed by atoms with E-state index < -0.39 is 11.7 Å². The molecular weight excluding hydrogens is 310 g/mol. The van der Waals surface area contributed by atoms with Crippen LogP contribution in [-0.2, 0) is 11.8 Å². The van der Waals surface area contributed by atoms with E-state index in [2.05, 4.69) is 26.0 Å². The van der Waals surface area contributed by atoms with Gasteiger partial charge < -0.3 is 4.74 Å². The van der Waals surface area contributed by atoms with Crippen molar-refractivity contribution in [3.63, 3.8) is 0 Å². The number of aryl methyl sites for hydroxylation is 1. The molecule has 0 bridgehead atoms. The van der Waals surface area contributed by atoms with Gasteiger partial charge in [0.1, 0.15) is 16.8 Å². The monoisotopic (exact) mass is 329 g/mol. The van der Waals surface area contributed by atoms with Crippen LogP contribution in [0.1, 0.15) is 20.8 Å². The van der Waals surface area contributed by atoms with Gasteiger partial charge in [-0.15, -0.1) is 5.10 Å². The number of nitrogens with zero attached hydrogens (tertiary/aromatic N) is 5. The van der Waals surface area contributed by atoms with Crippen LogP contribution in [0.3, 0.4) is 0 Å². The highest BCUT2D eigenvalue weighted by atomic mass is 16.6. The Morgan fingerprint density at radius 3 is 2.75 bits per heavy atom. The Labute approximate surface area is 138 Å². The lowest BCUT2D eigenvalue weighted by Gasteiger charge is -2.20. The second-order valence-electron chi connectivity index (χ2n) is 6.21. The Morgan fingerprint density at radius 1 is 1.29 bits per heavy atom. The zero-order valence-corrected chi connectivity index (χ0v) is 13.9. The number of aromatic nitrogens is 5. The molecule has 0 aliphatic carbocycles. The maximum absolute atomic E-state index is 11.8. The topological polar surface area (TPSA) is 98.4 Å². The summed E-state index contributed by atoms with van der Waals surface area (Å²) >= 11 is 0. The second-order valence-corrected chi connectivity index (χ2v) is 6.21. The summed E-state index contributed by atoms with van der Waals surface area (Å²) in [7, 11) is 1.81. The number of hydrogen-bond donors (Lipinski definition) is 2. The quantitative estimate of drug-likeness (QED) is 0.713. The Balaban J connectivity index is 1.88. The lowest BCUT2D eigenvalue weighted by Crippen LogP contribution is -2.36. The maximum atomic E-state index is 11.8. The van der Waals surface area contributed by atoms with Gasteiger partial charge in [0, 0.05) is 19.4 Å². The van der Waals surface area contributed by atoms with Gasteiger partial charge in [-0.3, -0.25) is 10.1 Å². The average Bonchev–Trinajstić information content (AvgIpc) is 3.11. The fourth-order valence-electron chi connectivity index (χ4n) is 2.14. The van der Waals surface area contributed by atoms with Gasteiger partial charge in [-0.05, 0) is 39.0 Å². The van der Waals surface area contributed by atoms with Crippen molar-refractivity contribution in [2.24, 2.45) is 7.05 Å². The van der Waals surface area contributed by atoms with Gasteiger partial charge in [-0.25, -0.2) is 19.7 Å². The third-order valence-electron chi connectivity index (χ3n) is 3.12. The summed E-state index contributed by atoms with van der Waals surface area (Å²) < 4.78 is 8.55. The minimum atomic E-state index is -0.590. The van der Waals surface area contributed by atoms with Crippen molar-refractivity contribution in [1.29, 1.82) is 0 Å². The standard InChI is InChI=1S/C15H19N7O2/c1-15(2,3)24-14(23)19-18-12-11-6-5-9-22(11)20-13(17-12)10-7-8-16-21(10)4/h5-9H,1-4H3,(H,19,23)(H,17,18,20). The zero-order valence-electron chi connectivity index (χ0n) is 13.9. The Kier molecular flexibility index (Phi) is 3.84. The SMILES string of the molecule is Cn1nccc1-c1nc(NNC(=O)OC(C)(C)C)c2cccn2n1. The second kappa shape index (κ2) is 5.84. The van der Waals surface area contributed by atoms with Gasteiger partial charge >= 0.3 is 6.09 Å². The molecule has 0 aromatic carbocycles. The van der Waals surface area contributed by atoms with Crippen LogP contribution in [0, 0.1) is 0 Å². The van der Waals surface area contributed by atoms with Gasteiger partial charge in [0.2, 0.25) is 0 Å². The molecule has 0 saturated heterocycles. The van der Waals surface area contributed by atoms with E-state index >= 15 is 0 Å². The molecule has 0 spiro atoms. The molecular formula is C15H19N7O2. The highest BCUT2D eigenvalue weighted by Gasteiger charge is 2.17. The first kappa shape index (κ1) is 15.8. The van der Waals surface area contributed by atoms with Crippen LogP contribution in [0.5, 0.6) is 0 Å². The molecule has 0 saturated carbocycles. The summed E-state index contributed by atoms with van der Waals surface area (Å²) in [5.41, 5.74) is 6.17. The van der Waals surface area contributed by atoms with Gasteiger partial charge in [0.25, 0.3) is 0 Å². The van der Waals surface area contributed by atoms with Gasteiger partial charge in [0.15, 0.2) is 11.6 Å². The Morgan fingerprint density at radius 2 is 2.08 bits per heavy atom. The lowest BCUT2D eigenvalue weighted by molar-refractivity contribution is 0.0541. The van der Waals surface area contributed by atoms with E-state index in [9.17, 15) is 4.79 Å². The number of amides is 1. The number of hydrazine groups is 1. The molecule has 3 rings (SSSR count). The number of carbonyl (C=O) groups excluding carboxylic acids is 1. The summed E-state index contributed by atoms with van der Waals surface area (Å²) in [5.74, 6) is 0.934. The van der Waals surface area contributed by atoms with Gasteiger partial charge in [-0.1, -0.05) is 0 Å². The summed E-state index contributed by atoms with van der Waals surface area (Å²) in [6.07, 6.45) is 2.88. The molecule has 1 amide bonds. The number of hydrogen-bond acceptors (Lipinski definition) is 6. The number of rotatable bonds is 3. The number of fused-ring (bicyclic) bond motifs is 1. The van der Waals surface area contributed by atoms with Crippen LogP contribution < -0.4 is 10.9 Å². The first-order valence-electron chi connectivity index (χ1n) is 7.42. The van der Waals surface area contributed by atoms with Crippen LogP contribution in [0.15, 0.2) is 30.6 Å². The normalized spacial score (nSPS) is 11.5. The van der Waals surface area contributed by atoms with E-state index in [1.165, 1.54) is 0 Å². The van der Waals surface area contributed by atoms with Crippen molar-refractivity contribution < 1.29 is 9.53 Å². The molecule has 126 valence electrons. The van der Waals surface area contributed by atoms with Gasteiger partial charge in [0.05, 0.1) is 0 Å². The Bertz CT molecular complexity index is 875. The number of nitrogens with one attached hydrogen (secondary N) is 2. The number of ether oxygens (including phenoxy) is 1. The summed E-state index contributed by atoms with van der Waals surface area (Å²) in [6, 6.07) is 5.50. The van der Waals surface area contributed by atoms with E-state index in [0.717, 1.165) is 11.2 Å². The van der Waals surface area contributed by atoms with Crippen LogP contribution in [0.4, 0.5) is 10.6 Å². The van der Waals surface area contributed by atoms with Gasteiger partial charge in [-0.2, -0.15) is 5.10 Å². The molecule has 24 heavy (non-hydrogen) atoms. The molecule has 2 N–H and O–H groups in total. The average molecular weight is 329 g/mol. The third kappa shape index (κ3) is 3.29. The molecule has 3 aromatic rings. The third-order valence-corrected chi connectivity index (χ3v) is 3.12. The lowest BCUT2D eigenvalue weighted by atomic mass is 10.2. The van der Waals surface area contributed by atoms with E-state index in [-0.39, 0.29) is 0 Å². The van der Waals surface area contributed by atoms with E-state index in [4.69, 9.17) is 4.74 Å². The molecule has 3 heterocycles. The summed E-state index contributed by atoms with van der Waals surface area (Å²) in [5, 5.41) is 8.57. The molecule has 0 fully saturated rings. The van der Waals surface area contributed by atoms with E-state index in [0.29, 0.717) is 11.6 Å². The number of anilines is 1. The van der Waals surface area contributed by atoms with E-state index in [1.807, 2.05) is 25.2 Å². The minimum absolute atomic E-state index is 0.456. The maximum Gasteiger partial charge on any atom is 0.426 e. The number of carbonyl (C=O) groups is 1. The smallest absolute Gasteiger partial charge is 0.426 e. The molecule has 0 atom stereocenters. The summed E-state index contributed by atoms with van der Waals surface area (Å²) in [6.45, 7) is 5.38. The highest BCUT2D eigenvalue weighted by molar-refractivity contribution is 5.74. The van der Waals surface area contributed by atoms with Crippen molar-refractivity contribution in [2.75, 3.05) is 5.43 Å². The molecule has 9 heteroatoms. The zero-order chi connectivity index (χ0) is 17.3. The predicted molar refractivity (Wildman–Crippen MR) is 88.2 cm³/mol. The molecule has 0 radical (unpaired) electrons. The van der Waals surface area contributed by atoms with Crippen LogP contribution >= 0.6 is 0 Å². The van der Waals surface area contributed by atoms with Crippen molar-refractivity contribution in [1.82, 2.24) is 29.8 Å². The summed E-state index contributed by atoms with van der Waals surface area (Å²) in [4.78, 5) is 16.3. The van der Waals surface area contributed by atoms with Crippen molar-refractivity contribution >= 4 is 17.4 Å². The fourth-order valence-corrected chi connectivity index (χ4v) is 2.14. The largest absolute Gasteiger partial charge is 0.443 e. The van der Waals surface area contributed by atoms with Crippen LogP contribution in [-0.4, -0.2) is 36.1 Å². The Hall–Kier alpha value is -3.10. The van der Waals surface area contributed by atoms with Crippen molar-refractivity contribution in [2.45, 2.75) is 26.4 Å². The van der Waals surface area contributed by atoms with Crippen molar-refractivity contribution in [3.8, 4) is 11.5 Å². The first-order valence-corrected chi connectivity index (χ1v) is 7.42. The van der Waals surface area contributed by atoms with Crippen LogP contribution in [0.2, 0.25) is 0 Å². The molecule has 0 aliphatic heterocycles. The van der Waals surface area contributed by atoms with Crippen LogP contribution in [0.25, 0.3) is 17.0 Å². The van der Waals surface area contributed by atoms with Crippen molar-refractivity contribution in [3.05, 3.63) is 30.6 Å². The first-order chi connectivity index (χ1) is 11.3. The molecule has 0 aliphatic rings. The molecule has 0 unspecified atom stereocenters.